The van der Waals surface area contributed by atoms with Gasteiger partial charge in [-0.25, -0.2) is 13.1 Å². The van der Waals surface area contributed by atoms with Gasteiger partial charge in [0, 0.05) is 26.1 Å². The highest BCUT2D eigenvalue weighted by Gasteiger charge is 2.31. The first-order valence-corrected chi connectivity index (χ1v) is 9.54. The topological polar surface area (TPSA) is 66.5 Å². The lowest BCUT2D eigenvalue weighted by Gasteiger charge is -2.21. The number of benzene rings is 1. The third kappa shape index (κ3) is 6.66. The Morgan fingerprint density at radius 3 is 2.28 bits per heavy atom. The molecule has 9 heteroatoms. The molecule has 0 aromatic heterocycles. The van der Waals surface area contributed by atoms with Crippen molar-refractivity contribution in [3.63, 3.8) is 0 Å². The molecule has 0 aliphatic rings. The minimum absolute atomic E-state index is 0.0435. The predicted octanol–water partition coefficient (Wildman–Crippen LogP) is 3.02. The van der Waals surface area contributed by atoms with Gasteiger partial charge in [0.25, 0.3) is 0 Å². The van der Waals surface area contributed by atoms with Gasteiger partial charge < -0.3 is 4.90 Å². The first-order chi connectivity index (χ1) is 11.6. The molecule has 0 atom stereocenters. The van der Waals surface area contributed by atoms with Gasteiger partial charge in [-0.3, -0.25) is 4.79 Å². The molecule has 0 spiro atoms. The fourth-order valence-electron chi connectivity index (χ4n) is 2.27. The Morgan fingerprint density at radius 2 is 1.76 bits per heavy atom. The maximum atomic E-state index is 12.7. The monoisotopic (exact) mass is 380 g/mol. The van der Waals surface area contributed by atoms with Crippen LogP contribution in [0, 0.1) is 0 Å². The van der Waals surface area contributed by atoms with E-state index in [-0.39, 0.29) is 18.9 Å². The van der Waals surface area contributed by atoms with E-state index in [0.29, 0.717) is 19.2 Å². The molecule has 0 aliphatic heterocycles. The van der Waals surface area contributed by atoms with Gasteiger partial charge in [0.05, 0.1) is 10.5 Å². The summed E-state index contributed by atoms with van der Waals surface area (Å²) in [5.74, 6) is -0.185. The number of rotatable bonds is 9. The molecule has 0 unspecified atom stereocenters. The van der Waals surface area contributed by atoms with Crippen LogP contribution in [0.5, 0.6) is 0 Å². The highest BCUT2D eigenvalue weighted by atomic mass is 32.2. The number of hydrogen-bond donors (Lipinski definition) is 1. The molecule has 25 heavy (non-hydrogen) atoms. The number of carbonyl (C=O) groups excluding carboxylic acids is 1. The molecule has 1 amide bonds. The molecular weight excluding hydrogens is 357 g/mol. The van der Waals surface area contributed by atoms with E-state index in [9.17, 15) is 26.4 Å². The van der Waals surface area contributed by atoms with Crippen molar-refractivity contribution in [2.75, 3.05) is 19.6 Å². The molecule has 1 N–H and O–H groups in total. The Hall–Kier alpha value is -1.61. The number of alkyl halides is 3. The van der Waals surface area contributed by atoms with Gasteiger partial charge in [-0.15, -0.1) is 0 Å². The minimum Gasteiger partial charge on any atom is -0.343 e. The average molecular weight is 380 g/mol. The van der Waals surface area contributed by atoms with E-state index in [1.165, 1.54) is 0 Å². The second-order valence-electron chi connectivity index (χ2n) is 5.55. The van der Waals surface area contributed by atoms with Gasteiger partial charge in [-0.05, 0) is 31.0 Å². The lowest BCUT2D eigenvalue weighted by Crippen LogP contribution is -2.35. The number of nitrogens with one attached hydrogen (secondary N) is 1. The van der Waals surface area contributed by atoms with Crippen molar-refractivity contribution in [2.45, 2.75) is 44.2 Å². The van der Waals surface area contributed by atoms with E-state index in [2.05, 4.69) is 4.72 Å². The van der Waals surface area contributed by atoms with E-state index in [0.717, 1.165) is 31.0 Å². The van der Waals surface area contributed by atoms with E-state index in [4.69, 9.17) is 0 Å². The van der Waals surface area contributed by atoms with Crippen LogP contribution >= 0.6 is 0 Å². The molecule has 0 heterocycles. The lowest BCUT2D eigenvalue weighted by atomic mass is 10.2. The van der Waals surface area contributed by atoms with E-state index >= 15 is 0 Å². The van der Waals surface area contributed by atoms with Crippen molar-refractivity contribution in [3.05, 3.63) is 29.8 Å². The second kappa shape index (κ2) is 9.19. The zero-order chi connectivity index (χ0) is 19.1. The van der Waals surface area contributed by atoms with Crippen LogP contribution in [0.3, 0.4) is 0 Å². The summed E-state index contributed by atoms with van der Waals surface area (Å²) >= 11 is 0. The Labute approximate surface area is 146 Å². The van der Waals surface area contributed by atoms with Crippen LogP contribution in [0.25, 0.3) is 0 Å². The zero-order valence-electron chi connectivity index (χ0n) is 14.3. The van der Waals surface area contributed by atoms with Gasteiger partial charge >= 0.3 is 6.18 Å². The van der Waals surface area contributed by atoms with Gasteiger partial charge in [0.2, 0.25) is 15.9 Å². The average Bonchev–Trinajstić information content (AvgIpc) is 2.53. The molecule has 0 aliphatic carbocycles. The molecule has 1 rings (SSSR count). The number of amides is 1. The third-order valence-electron chi connectivity index (χ3n) is 3.44. The first-order valence-electron chi connectivity index (χ1n) is 8.06. The van der Waals surface area contributed by atoms with Crippen molar-refractivity contribution < 1.29 is 26.4 Å². The van der Waals surface area contributed by atoms with Crippen LogP contribution in [0.4, 0.5) is 13.2 Å². The third-order valence-corrected chi connectivity index (χ3v) is 4.90. The Balaban J connectivity index is 2.72. The van der Waals surface area contributed by atoms with E-state index in [1.54, 1.807) is 4.90 Å². The number of sulfonamides is 1. The zero-order valence-corrected chi connectivity index (χ0v) is 15.1. The summed E-state index contributed by atoms with van der Waals surface area (Å²) in [5, 5.41) is 0. The van der Waals surface area contributed by atoms with Crippen LogP contribution in [0.2, 0.25) is 0 Å². The van der Waals surface area contributed by atoms with Gasteiger partial charge in [-0.2, -0.15) is 13.2 Å². The predicted molar refractivity (Wildman–Crippen MR) is 88.4 cm³/mol. The fraction of sp³-hybridized carbons (Fsp3) is 0.562. The van der Waals surface area contributed by atoms with Crippen molar-refractivity contribution in [1.29, 1.82) is 0 Å². The highest BCUT2D eigenvalue weighted by Crippen LogP contribution is 2.30. The molecule has 142 valence electrons. The molecule has 0 saturated heterocycles. The van der Waals surface area contributed by atoms with Crippen molar-refractivity contribution >= 4 is 15.9 Å². The van der Waals surface area contributed by atoms with Crippen LogP contribution in [-0.2, 0) is 21.0 Å². The molecule has 0 radical (unpaired) electrons. The van der Waals surface area contributed by atoms with Crippen molar-refractivity contribution in [2.24, 2.45) is 0 Å². The molecule has 1 aromatic rings. The lowest BCUT2D eigenvalue weighted by molar-refractivity contribution is -0.137. The molecule has 0 bridgehead atoms. The molecule has 1 aromatic carbocycles. The summed E-state index contributed by atoms with van der Waals surface area (Å²) in [6, 6.07) is 3.49. The smallest absolute Gasteiger partial charge is 0.343 e. The van der Waals surface area contributed by atoms with Crippen molar-refractivity contribution in [3.8, 4) is 0 Å². The van der Waals surface area contributed by atoms with Crippen LogP contribution in [0.15, 0.2) is 29.2 Å². The standard InChI is InChI=1S/C16H23F3N2O3S/c1-3-10-21(11-4-2)15(22)8-9-20-25(23,24)14-7-5-6-13(12-14)16(17,18)19/h5-7,12,20H,3-4,8-11H2,1-2H3. The van der Waals surface area contributed by atoms with Crippen LogP contribution in [-0.4, -0.2) is 38.9 Å². The maximum Gasteiger partial charge on any atom is 0.416 e. The summed E-state index contributed by atoms with van der Waals surface area (Å²) in [5.41, 5.74) is -1.04. The summed E-state index contributed by atoms with van der Waals surface area (Å²) < 4.78 is 64.5. The van der Waals surface area contributed by atoms with Gasteiger partial charge in [-0.1, -0.05) is 19.9 Å². The quantitative estimate of drug-likeness (QED) is 0.716. The molecule has 5 nitrogen and oxygen atoms in total. The normalized spacial score (nSPS) is 12.2. The van der Waals surface area contributed by atoms with Gasteiger partial charge in [0.15, 0.2) is 0 Å². The Kier molecular flexibility index (Phi) is 7.88. The first kappa shape index (κ1) is 21.4. The fourth-order valence-corrected chi connectivity index (χ4v) is 3.35. The van der Waals surface area contributed by atoms with E-state index < -0.39 is 26.7 Å². The molecule has 0 fully saturated rings. The summed E-state index contributed by atoms with van der Waals surface area (Å²) in [4.78, 5) is 13.2. The van der Waals surface area contributed by atoms with Crippen molar-refractivity contribution in [1.82, 2.24) is 9.62 Å². The number of hydrogen-bond acceptors (Lipinski definition) is 3. The van der Waals surface area contributed by atoms with E-state index in [1.807, 2.05) is 13.8 Å². The molecular formula is C16H23F3N2O3S. The second-order valence-corrected chi connectivity index (χ2v) is 7.32. The van der Waals surface area contributed by atoms with Crippen LogP contribution in [0.1, 0.15) is 38.7 Å². The summed E-state index contributed by atoms with van der Waals surface area (Å²) in [7, 11) is -4.11. The Bertz CT molecular complexity index is 669. The number of nitrogens with zero attached hydrogens (tertiary/aromatic N) is 1. The highest BCUT2D eigenvalue weighted by molar-refractivity contribution is 7.89. The van der Waals surface area contributed by atoms with Gasteiger partial charge in [0.1, 0.15) is 0 Å². The number of carbonyl (C=O) groups is 1. The van der Waals surface area contributed by atoms with Crippen LogP contribution < -0.4 is 4.72 Å². The Morgan fingerprint density at radius 1 is 1.16 bits per heavy atom. The summed E-state index contributed by atoms with van der Waals surface area (Å²) in [6.45, 7) is 4.89. The minimum atomic E-state index is -4.62. The number of halogens is 3. The largest absolute Gasteiger partial charge is 0.416 e. The summed E-state index contributed by atoms with van der Waals surface area (Å²) in [6.07, 6.45) is -3.08. The maximum absolute atomic E-state index is 12.7. The SMILES string of the molecule is CCCN(CCC)C(=O)CCNS(=O)(=O)c1cccc(C(F)(F)F)c1. The molecule has 0 saturated carbocycles.